The largest absolute Gasteiger partial charge is 1.00 e. The summed E-state index contributed by atoms with van der Waals surface area (Å²) in [6.45, 7) is 2.76. The van der Waals surface area contributed by atoms with Gasteiger partial charge < -0.3 is 19.8 Å². The summed E-state index contributed by atoms with van der Waals surface area (Å²) in [4.78, 5) is 23.6. The molecule has 1 aliphatic carbocycles. The zero-order chi connectivity index (χ0) is 17.2. The molecule has 0 amide bonds. The van der Waals surface area contributed by atoms with Crippen LogP contribution in [0.3, 0.4) is 0 Å². The van der Waals surface area contributed by atoms with Gasteiger partial charge in [0.15, 0.2) is 0 Å². The minimum Gasteiger partial charge on any atom is -0.549 e. The second-order valence-corrected chi connectivity index (χ2v) is 7.50. The Morgan fingerprint density at radius 1 is 1.00 bits per heavy atom. The molecule has 0 spiro atoms. The Labute approximate surface area is 187 Å². The van der Waals surface area contributed by atoms with Gasteiger partial charge in [-0.3, -0.25) is 4.55 Å². The number of carboxylic acid groups (broad SMARTS) is 2. The van der Waals surface area contributed by atoms with E-state index in [0.717, 1.165) is 6.42 Å². The number of hydrogen-bond donors (Lipinski definition) is 1. The van der Waals surface area contributed by atoms with Gasteiger partial charge in [0, 0.05) is 11.4 Å². The fourth-order valence-electron chi connectivity index (χ4n) is 4.04. The molecular weight excluding hydrogens is 358 g/mol. The predicted molar refractivity (Wildman–Crippen MR) is 73.9 cm³/mol. The third-order valence-corrected chi connectivity index (χ3v) is 6.90. The minimum absolute atomic E-state index is 0. The third-order valence-electron chi connectivity index (χ3n) is 5.20. The first-order valence-electron chi connectivity index (χ1n) is 7.51. The van der Waals surface area contributed by atoms with Crippen molar-refractivity contribution in [2.24, 2.45) is 11.3 Å². The van der Waals surface area contributed by atoms with Crippen LogP contribution in [0.25, 0.3) is 0 Å². The van der Waals surface area contributed by atoms with Crippen molar-refractivity contribution in [1.29, 1.82) is 0 Å². The molecule has 1 aliphatic rings. The molecule has 1 N–H and O–H groups in total. The summed E-state index contributed by atoms with van der Waals surface area (Å²) in [5, 5.41) is 23.6. The Balaban J connectivity index is 0. The van der Waals surface area contributed by atoms with Crippen molar-refractivity contribution in [3.8, 4) is 0 Å². The average Bonchev–Trinajstić information content (AvgIpc) is 2.43. The summed E-state index contributed by atoms with van der Waals surface area (Å²) in [6.07, 6.45) is 1.79. The molecule has 24 heavy (non-hydrogen) atoms. The zero-order valence-electron chi connectivity index (χ0n) is 14.8. The van der Waals surface area contributed by atoms with Crippen LogP contribution in [0, 0.1) is 11.3 Å². The number of carbonyl (C=O) groups is 2. The second-order valence-electron chi connectivity index (χ2n) is 5.91. The first kappa shape index (κ1) is 27.1. The summed E-state index contributed by atoms with van der Waals surface area (Å²) in [6, 6.07) is 0. The van der Waals surface area contributed by atoms with E-state index in [2.05, 4.69) is 0 Å². The number of rotatable bonds is 7. The van der Waals surface area contributed by atoms with Crippen LogP contribution in [0.1, 0.15) is 58.8 Å². The van der Waals surface area contributed by atoms with Gasteiger partial charge in [0.05, 0.1) is 5.97 Å². The molecule has 0 aromatic rings. The van der Waals surface area contributed by atoms with Gasteiger partial charge in [-0.1, -0.05) is 33.1 Å². The van der Waals surface area contributed by atoms with Crippen LogP contribution < -0.4 is 69.3 Å². The summed E-state index contributed by atoms with van der Waals surface area (Å²) >= 11 is 0. The van der Waals surface area contributed by atoms with Crippen LogP contribution in [0.15, 0.2) is 0 Å². The van der Waals surface area contributed by atoms with Gasteiger partial charge in [0.1, 0.15) is 4.75 Å². The van der Waals surface area contributed by atoms with Crippen molar-refractivity contribution >= 4 is 22.1 Å². The van der Waals surface area contributed by atoms with E-state index in [1.807, 2.05) is 0 Å². The number of hydrogen-bond acceptors (Lipinski definition) is 6. The molecule has 1 unspecified atom stereocenters. The van der Waals surface area contributed by atoms with E-state index in [4.69, 9.17) is 0 Å². The van der Waals surface area contributed by atoms with Gasteiger partial charge in [-0.15, -0.1) is 0 Å². The molecule has 0 aliphatic heterocycles. The molecule has 128 valence electrons. The topological polar surface area (TPSA) is 135 Å². The summed E-state index contributed by atoms with van der Waals surface area (Å²) in [7, 11) is -5.24. The molecule has 0 heterocycles. The van der Waals surface area contributed by atoms with Crippen molar-refractivity contribution in [1.82, 2.24) is 0 Å². The molecular formula is C14H22Na2O7S. The second kappa shape index (κ2) is 10.3. The van der Waals surface area contributed by atoms with Crippen LogP contribution in [0.2, 0.25) is 0 Å². The Hall–Kier alpha value is 0.850. The molecule has 1 fully saturated rings. The van der Waals surface area contributed by atoms with Gasteiger partial charge >= 0.3 is 59.1 Å². The molecule has 0 saturated heterocycles. The number of carboxylic acids is 2. The van der Waals surface area contributed by atoms with Crippen LogP contribution in [0.5, 0.6) is 0 Å². The fraction of sp³-hybridized carbons (Fsp3) is 0.857. The molecule has 1 atom stereocenters. The first-order valence-corrected chi connectivity index (χ1v) is 8.95. The van der Waals surface area contributed by atoms with Crippen LogP contribution >= 0.6 is 0 Å². The summed E-state index contributed by atoms with van der Waals surface area (Å²) in [5.41, 5.74) is -2.23. The fourth-order valence-corrected chi connectivity index (χ4v) is 5.77. The molecule has 7 nitrogen and oxygen atoms in total. The van der Waals surface area contributed by atoms with Crippen molar-refractivity contribution < 1.29 is 91.9 Å². The Bertz CT molecular complexity index is 539. The van der Waals surface area contributed by atoms with Crippen molar-refractivity contribution in [3.63, 3.8) is 0 Å². The van der Waals surface area contributed by atoms with E-state index >= 15 is 0 Å². The first-order chi connectivity index (χ1) is 10.1. The maximum Gasteiger partial charge on any atom is 1.00 e. The third kappa shape index (κ3) is 4.22. The molecule has 0 aromatic heterocycles. The molecule has 0 radical (unpaired) electrons. The SMILES string of the molecule is CCC(CC)(C(=O)[O-])C(C(=O)[O-])(C1CCCCC1)S(=O)(=O)O.[Na+].[Na+]. The van der Waals surface area contributed by atoms with Crippen molar-refractivity contribution in [2.45, 2.75) is 63.5 Å². The molecule has 0 aromatic carbocycles. The molecule has 1 saturated carbocycles. The van der Waals surface area contributed by atoms with Gasteiger partial charge in [-0.2, -0.15) is 8.42 Å². The van der Waals surface area contributed by atoms with Gasteiger partial charge in [-0.05, 0) is 31.6 Å². The van der Waals surface area contributed by atoms with E-state index in [1.54, 1.807) is 0 Å². The summed E-state index contributed by atoms with van der Waals surface area (Å²) < 4.78 is 31.1. The van der Waals surface area contributed by atoms with E-state index < -0.39 is 38.1 Å². The number of carbonyl (C=O) groups excluding carboxylic acids is 2. The van der Waals surface area contributed by atoms with Gasteiger partial charge in [0.25, 0.3) is 10.1 Å². The molecule has 0 bridgehead atoms. The van der Waals surface area contributed by atoms with Crippen molar-refractivity contribution in [3.05, 3.63) is 0 Å². The normalized spacial score (nSPS) is 18.6. The Morgan fingerprint density at radius 3 is 1.67 bits per heavy atom. The van der Waals surface area contributed by atoms with E-state index in [9.17, 15) is 32.8 Å². The standard InChI is InChI=1S/C14H24O7S.2Na/c1-3-13(4-2,11(15)16)14(12(17)18,22(19,20)21)10-8-6-5-7-9-10;;/h10H,3-9H2,1-2H3,(H,15,16)(H,17,18)(H,19,20,21);;/q;2*+1/p-2. The monoisotopic (exact) mass is 380 g/mol. The van der Waals surface area contributed by atoms with Gasteiger partial charge in [-0.25, -0.2) is 0 Å². The zero-order valence-corrected chi connectivity index (χ0v) is 19.6. The maximum atomic E-state index is 12.1. The minimum atomic E-state index is -5.24. The van der Waals surface area contributed by atoms with E-state index in [0.29, 0.717) is 12.8 Å². The quantitative estimate of drug-likeness (QED) is 0.343. The van der Waals surface area contributed by atoms with E-state index in [-0.39, 0.29) is 84.8 Å². The Kier molecular flexibility index (Phi) is 11.6. The number of aliphatic carboxylic acids is 2. The van der Waals surface area contributed by atoms with Crippen LogP contribution in [0.4, 0.5) is 0 Å². The predicted octanol–water partition coefficient (Wildman–Crippen LogP) is -6.49. The Morgan fingerprint density at radius 2 is 1.42 bits per heavy atom. The van der Waals surface area contributed by atoms with E-state index in [1.165, 1.54) is 13.8 Å². The van der Waals surface area contributed by atoms with Crippen LogP contribution in [-0.4, -0.2) is 29.7 Å². The molecule has 10 heteroatoms. The maximum absolute atomic E-state index is 12.1. The summed E-state index contributed by atoms with van der Waals surface area (Å²) in [5.74, 6) is -4.86. The van der Waals surface area contributed by atoms with Crippen molar-refractivity contribution in [2.75, 3.05) is 0 Å². The van der Waals surface area contributed by atoms with Crippen LogP contribution in [-0.2, 0) is 19.7 Å². The average molecular weight is 380 g/mol. The van der Waals surface area contributed by atoms with Gasteiger partial charge in [0.2, 0.25) is 0 Å². The smallest absolute Gasteiger partial charge is 0.549 e. The molecule has 1 rings (SSSR count).